The number of hydrogen-bond acceptors (Lipinski definition) is 3. The van der Waals surface area contributed by atoms with Crippen molar-refractivity contribution in [2.45, 2.75) is 19.4 Å². The Morgan fingerprint density at radius 1 is 1.47 bits per heavy atom. The van der Waals surface area contributed by atoms with Gasteiger partial charge in [0.1, 0.15) is 5.75 Å². The molecule has 1 fully saturated rings. The zero-order valence-electron chi connectivity index (χ0n) is 11.4. The molecule has 1 aliphatic heterocycles. The molecule has 0 spiro atoms. The fourth-order valence-electron chi connectivity index (χ4n) is 2.59. The smallest absolute Gasteiger partial charge is 0.265 e. The van der Waals surface area contributed by atoms with E-state index >= 15 is 0 Å². The molecule has 1 aliphatic carbocycles. The van der Waals surface area contributed by atoms with Gasteiger partial charge < -0.3 is 15.0 Å². The lowest BCUT2D eigenvalue weighted by Crippen LogP contribution is -2.46. The summed E-state index contributed by atoms with van der Waals surface area (Å²) in [6.45, 7) is 3.62. The Bertz CT molecular complexity index is 489. The van der Waals surface area contributed by atoms with Gasteiger partial charge in [0, 0.05) is 13.6 Å². The summed E-state index contributed by atoms with van der Waals surface area (Å²) in [7, 11) is 1.87. The molecule has 3 rings (SSSR count). The van der Waals surface area contributed by atoms with Crippen LogP contribution in [-0.4, -0.2) is 37.0 Å². The predicted molar refractivity (Wildman–Crippen MR) is 74.3 cm³/mol. The zero-order valence-corrected chi connectivity index (χ0v) is 11.4. The second-order valence-electron chi connectivity index (χ2n) is 5.68. The quantitative estimate of drug-likeness (QED) is 0.903. The Labute approximate surface area is 113 Å². The van der Waals surface area contributed by atoms with E-state index in [1.165, 1.54) is 6.42 Å². The van der Waals surface area contributed by atoms with Crippen LogP contribution < -0.4 is 10.1 Å². The minimum atomic E-state index is -0.408. The molecule has 0 bridgehead atoms. The van der Waals surface area contributed by atoms with Crippen LogP contribution in [0.1, 0.15) is 13.3 Å². The van der Waals surface area contributed by atoms with Gasteiger partial charge in [0.05, 0.1) is 12.2 Å². The number of hydrogen-bond donors (Lipinski definition) is 1. The Balaban J connectivity index is 1.62. The maximum atomic E-state index is 12.3. The molecular weight excluding hydrogens is 240 g/mol. The standard InChI is InChI=1S/C15H20N2O2/c1-10-7-11(10)9-17(2)15(18)14-8-16-12-5-3-4-6-13(12)19-14/h3-6,10-11,14,16H,7-9H2,1-2H3. The molecule has 0 saturated heterocycles. The van der Waals surface area contributed by atoms with Crippen LogP contribution in [0.5, 0.6) is 5.75 Å². The number of benzene rings is 1. The van der Waals surface area contributed by atoms with Crippen LogP contribution in [0.4, 0.5) is 5.69 Å². The molecule has 2 aliphatic rings. The second kappa shape index (κ2) is 4.76. The number of amides is 1. The summed E-state index contributed by atoms with van der Waals surface area (Å²) >= 11 is 0. The lowest BCUT2D eigenvalue weighted by Gasteiger charge is -2.29. The maximum Gasteiger partial charge on any atom is 0.265 e. The van der Waals surface area contributed by atoms with Crippen molar-refractivity contribution >= 4 is 11.6 Å². The van der Waals surface area contributed by atoms with Crippen LogP contribution in [0.15, 0.2) is 24.3 Å². The fraction of sp³-hybridized carbons (Fsp3) is 0.533. The van der Waals surface area contributed by atoms with E-state index in [0.29, 0.717) is 12.5 Å². The third-order valence-electron chi connectivity index (χ3n) is 4.07. The summed E-state index contributed by atoms with van der Waals surface area (Å²) in [6, 6.07) is 7.73. The number of nitrogens with one attached hydrogen (secondary N) is 1. The van der Waals surface area contributed by atoms with Crippen molar-refractivity contribution in [1.82, 2.24) is 4.90 Å². The Hall–Kier alpha value is -1.71. The van der Waals surface area contributed by atoms with Crippen LogP contribution in [0.3, 0.4) is 0 Å². The monoisotopic (exact) mass is 260 g/mol. The van der Waals surface area contributed by atoms with Gasteiger partial charge in [0.15, 0.2) is 6.10 Å². The Morgan fingerprint density at radius 3 is 2.95 bits per heavy atom. The van der Waals surface area contributed by atoms with E-state index in [1.54, 1.807) is 0 Å². The average molecular weight is 260 g/mol. The van der Waals surface area contributed by atoms with Crippen molar-refractivity contribution in [3.8, 4) is 5.75 Å². The van der Waals surface area contributed by atoms with E-state index in [9.17, 15) is 4.79 Å². The first-order valence-corrected chi connectivity index (χ1v) is 6.89. The molecule has 1 amide bonds. The first-order chi connectivity index (χ1) is 9.15. The summed E-state index contributed by atoms with van der Waals surface area (Å²) in [4.78, 5) is 14.2. The van der Waals surface area contributed by atoms with Gasteiger partial charge in [-0.15, -0.1) is 0 Å². The van der Waals surface area contributed by atoms with Gasteiger partial charge in [0.25, 0.3) is 5.91 Å². The predicted octanol–water partition coefficient (Wildman–Crippen LogP) is 1.97. The van der Waals surface area contributed by atoms with E-state index in [2.05, 4.69) is 12.2 Å². The molecule has 3 atom stereocenters. The SMILES string of the molecule is CC1CC1CN(C)C(=O)C1CNc2ccccc2O1. The molecule has 3 unspecified atom stereocenters. The van der Waals surface area contributed by atoms with Crippen molar-refractivity contribution in [1.29, 1.82) is 0 Å². The number of ether oxygens (including phenoxy) is 1. The van der Waals surface area contributed by atoms with Crippen molar-refractivity contribution in [2.24, 2.45) is 11.8 Å². The molecular formula is C15H20N2O2. The summed E-state index contributed by atoms with van der Waals surface area (Å²) in [6.07, 6.45) is 0.832. The molecule has 19 heavy (non-hydrogen) atoms. The van der Waals surface area contributed by atoms with Crippen molar-refractivity contribution < 1.29 is 9.53 Å². The lowest BCUT2D eigenvalue weighted by molar-refractivity contribution is -0.137. The first kappa shape index (κ1) is 12.3. The van der Waals surface area contributed by atoms with Gasteiger partial charge in [-0.1, -0.05) is 19.1 Å². The number of carbonyl (C=O) groups is 1. The first-order valence-electron chi connectivity index (χ1n) is 6.89. The van der Waals surface area contributed by atoms with E-state index in [4.69, 9.17) is 4.74 Å². The van der Waals surface area contributed by atoms with Crippen molar-refractivity contribution in [3.63, 3.8) is 0 Å². The highest BCUT2D eigenvalue weighted by molar-refractivity contribution is 5.83. The summed E-state index contributed by atoms with van der Waals surface area (Å²) in [5, 5.41) is 3.25. The molecule has 1 N–H and O–H groups in total. The highest BCUT2D eigenvalue weighted by Crippen LogP contribution is 2.38. The van der Waals surface area contributed by atoms with Crippen molar-refractivity contribution in [2.75, 3.05) is 25.5 Å². The summed E-state index contributed by atoms with van der Waals surface area (Å²) in [5.41, 5.74) is 0.963. The van der Waals surface area contributed by atoms with Gasteiger partial charge in [-0.2, -0.15) is 0 Å². The van der Waals surface area contributed by atoms with E-state index < -0.39 is 6.10 Å². The second-order valence-corrected chi connectivity index (χ2v) is 5.68. The number of likely N-dealkylation sites (N-methyl/N-ethyl adjacent to an activating group) is 1. The van der Waals surface area contributed by atoms with Crippen LogP contribution in [-0.2, 0) is 4.79 Å². The number of nitrogens with zero attached hydrogens (tertiary/aromatic N) is 1. The third-order valence-corrected chi connectivity index (χ3v) is 4.07. The topological polar surface area (TPSA) is 41.6 Å². The van der Waals surface area contributed by atoms with Gasteiger partial charge in [0.2, 0.25) is 0 Å². The van der Waals surface area contributed by atoms with Crippen molar-refractivity contribution in [3.05, 3.63) is 24.3 Å². The molecule has 0 aromatic heterocycles. The van der Waals surface area contributed by atoms with Crippen LogP contribution in [0.2, 0.25) is 0 Å². The number of para-hydroxylation sites is 2. The maximum absolute atomic E-state index is 12.3. The van der Waals surface area contributed by atoms with Crippen LogP contribution >= 0.6 is 0 Å². The fourth-order valence-corrected chi connectivity index (χ4v) is 2.59. The minimum absolute atomic E-state index is 0.0705. The normalized spacial score (nSPS) is 27.8. The number of anilines is 1. The van der Waals surface area contributed by atoms with Gasteiger partial charge >= 0.3 is 0 Å². The molecule has 1 heterocycles. The molecule has 102 valence electrons. The van der Waals surface area contributed by atoms with Crippen LogP contribution in [0.25, 0.3) is 0 Å². The number of rotatable bonds is 3. The zero-order chi connectivity index (χ0) is 13.4. The number of carbonyl (C=O) groups excluding carboxylic acids is 1. The Morgan fingerprint density at radius 2 is 2.21 bits per heavy atom. The van der Waals surface area contributed by atoms with Gasteiger partial charge in [-0.3, -0.25) is 4.79 Å². The highest BCUT2D eigenvalue weighted by atomic mass is 16.5. The molecule has 1 aromatic carbocycles. The summed E-state index contributed by atoms with van der Waals surface area (Å²) < 4.78 is 5.79. The summed E-state index contributed by atoms with van der Waals surface area (Å²) in [5.74, 6) is 2.28. The lowest BCUT2D eigenvalue weighted by atomic mass is 10.2. The molecule has 4 heteroatoms. The molecule has 4 nitrogen and oxygen atoms in total. The average Bonchev–Trinajstić information content (AvgIpc) is 3.12. The largest absolute Gasteiger partial charge is 0.477 e. The van der Waals surface area contributed by atoms with E-state index in [-0.39, 0.29) is 5.91 Å². The van der Waals surface area contributed by atoms with E-state index in [1.807, 2.05) is 36.2 Å². The number of fused-ring (bicyclic) bond motifs is 1. The van der Waals surface area contributed by atoms with Gasteiger partial charge in [-0.25, -0.2) is 0 Å². The molecule has 1 aromatic rings. The van der Waals surface area contributed by atoms with Crippen LogP contribution in [0, 0.1) is 11.8 Å². The van der Waals surface area contributed by atoms with E-state index in [0.717, 1.165) is 23.9 Å². The molecule has 1 saturated carbocycles. The highest BCUT2D eigenvalue weighted by Gasteiger charge is 2.36. The molecule has 0 radical (unpaired) electrons. The third kappa shape index (κ3) is 2.53. The Kier molecular flexibility index (Phi) is 3.09. The minimum Gasteiger partial charge on any atom is -0.477 e. The van der Waals surface area contributed by atoms with Gasteiger partial charge in [-0.05, 0) is 30.4 Å².